The summed E-state index contributed by atoms with van der Waals surface area (Å²) in [7, 11) is -3.79. The van der Waals surface area contributed by atoms with Gasteiger partial charge in [0.15, 0.2) is 5.78 Å². The lowest BCUT2D eigenvalue weighted by Crippen LogP contribution is -2.49. The van der Waals surface area contributed by atoms with Crippen molar-refractivity contribution in [3.05, 3.63) is 35.4 Å². The number of nitrogens with two attached hydrogens (primary N) is 1. The molecule has 0 bridgehead atoms. The standard InChI is InChI=1S/C21H30N4O5S/c1-15(21(22)28)8-9-20(27)23-18-7-4-11-24(14-19(18)26)31(29,30)25-12-10-16-5-2-3-6-17(16)13-25/h2-3,5-6,15,18H,4,7-14H2,1H3,(H2,22,28)(H,23,27)/t15-,18-/m0/s1. The average Bonchev–Trinajstić information content (AvgIpc) is 2.93. The van der Waals surface area contributed by atoms with E-state index in [9.17, 15) is 22.8 Å². The van der Waals surface area contributed by atoms with E-state index in [1.807, 2.05) is 24.3 Å². The number of ketones is 1. The zero-order valence-electron chi connectivity index (χ0n) is 17.7. The molecule has 0 unspecified atom stereocenters. The van der Waals surface area contributed by atoms with E-state index < -0.39 is 28.1 Å². The van der Waals surface area contributed by atoms with Crippen LogP contribution in [0.4, 0.5) is 0 Å². The molecule has 2 aliphatic rings. The lowest BCUT2D eigenvalue weighted by molar-refractivity contribution is -0.128. The van der Waals surface area contributed by atoms with Gasteiger partial charge < -0.3 is 11.1 Å². The third-order valence-electron chi connectivity index (χ3n) is 5.99. The third kappa shape index (κ3) is 5.69. The van der Waals surface area contributed by atoms with Gasteiger partial charge in [-0.25, -0.2) is 0 Å². The van der Waals surface area contributed by atoms with Crippen molar-refractivity contribution in [1.82, 2.24) is 13.9 Å². The minimum absolute atomic E-state index is 0.0864. The Morgan fingerprint density at radius 3 is 2.55 bits per heavy atom. The fraction of sp³-hybridized carbons (Fsp3) is 0.571. The lowest BCUT2D eigenvalue weighted by Gasteiger charge is -2.32. The van der Waals surface area contributed by atoms with Crippen LogP contribution in [0.3, 0.4) is 0 Å². The van der Waals surface area contributed by atoms with E-state index in [0.717, 1.165) is 11.1 Å². The topological polar surface area (TPSA) is 130 Å². The molecule has 0 radical (unpaired) electrons. The molecule has 2 atom stereocenters. The summed E-state index contributed by atoms with van der Waals surface area (Å²) in [4.78, 5) is 36.0. The molecule has 1 saturated heterocycles. The first kappa shape index (κ1) is 23.4. The number of rotatable bonds is 7. The van der Waals surface area contributed by atoms with E-state index in [1.54, 1.807) is 6.92 Å². The fourth-order valence-corrected chi connectivity index (χ4v) is 5.53. The smallest absolute Gasteiger partial charge is 0.282 e. The summed E-state index contributed by atoms with van der Waals surface area (Å²) in [5, 5.41) is 2.69. The summed E-state index contributed by atoms with van der Waals surface area (Å²) >= 11 is 0. The van der Waals surface area contributed by atoms with Crippen molar-refractivity contribution in [2.45, 2.75) is 51.6 Å². The zero-order valence-corrected chi connectivity index (χ0v) is 18.6. The average molecular weight is 451 g/mol. The summed E-state index contributed by atoms with van der Waals surface area (Å²) in [5.41, 5.74) is 7.33. The van der Waals surface area contributed by atoms with Gasteiger partial charge in [-0.2, -0.15) is 17.0 Å². The molecule has 2 amide bonds. The molecule has 0 aliphatic carbocycles. The molecule has 1 aromatic carbocycles. The van der Waals surface area contributed by atoms with Gasteiger partial charge in [0.2, 0.25) is 11.8 Å². The molecule has 1 fully saturated rings. The summed E-state index contributed by atoms with van der Waals surface area (Å²) in [6.07, 6.45) is 1.88. The Bertz CT molecular complexity index is 949. The molecule has 0 aromatic heterocycles. The van der Waals surface area contributed by atoms with Gasteiger partial charge in [0.25, 0.3) is 10.2 Å². The molecule has 3 rings (SSSR count). The van der Waals surface area contributed by atoms with Crippen molar-refractivity contribution in [2.24, 2.45) is 11.7 Å². The third-order valence-corrected chi connectivity index (χ3v) is 7.92. The lowest BCUT2D eigenvalue weighted by atomic mass is 10.0. The van der Waals surface area contributed by atoms with Crippen LogP contribution >= 0.6 is 0 Å². The Hall–Kier alpha value is -2.30. The summed E-state index contributed by atoms with van der Waals surface area (Å²) in [6.45, 7) is 2.29. The second kappa shape index (κ2) is 9.88. The number of carbonyl (C=O) groups excluding carboxylic acids is 3. The fourth-order valence-electron chi connectivity index (χ4n) is 3.93. The number of carbonyl (C=O) groups is 3. The SMILES string of the molecule is C[C@@H](CCC(=O)N[C@H]1CCCN(S(=O)(=O)N2CCc3ccccc3C2)CC1=O)C(N)=O. The van der Waals surface area contributed by atoms with Crippen LogP contribution < -0.4 is 11.1 Å². The number of primary amides is 1. The molecule has 31 heavy (non-hydrogen) atoms. The maximum absolute atomic E-state index is 13.2. The first-order valence-electron chi connectivity index (χ1n) is 10.6. The summed E-state index contributed by atoms with van der Waals surface area (Å²) < 4.78 is 29.0. The Labute approximate surface area is 183 Å². The Kier molecular flexibility index (Phi) is 7.45. The van der Waals surface area contributed by atoms with E-state index in [0.29, 0.717) is 38.8 Å². The van der Waals surface area contributed by atoms with Crippen LogP contribution in [0.25, 0.3) is 0 Å². The monoisotopic (exact) mass is 450 g/mol. The van der Waals surface area contributed by atoms with Crippen molar-refractivity contribution in [1.29, 1.82) is 0 Å². The maximum Gasteiger partial charge on any atom is 0.282 e. The number of hydrogen-bond donors (Lipinski definition) is 2. The van der Waals surface area contributed by atoms with Crippen LogP contribution in [0.2, 0.25) is 0 Å². The van der Waals surface area contributed by atoms with E-state index >= 15 is 0 Å². The van der Waals surface area contributed by atoms with Gasteiger partial charge >= 0.3 is 0 Å². The highest BCUT2D eigenvalue weighted by Crippen LogP contribution is 2.24. The van der Waals surface area contributed by atoms with Crippen LogP contribution in [0, 0.1) is 5.92 Å². The number of amides is 2. The summed E-state index contributed by atoms with van der Waals surface area (Å²) in [6, 6.07) is 7.04. The number of nitrogens with zero attached hydrogens (tertiary/aromatic N) is 2. The van der Waals surface area contributed by atoms with Crippen LogP contribution in [-0.4, -0.2) is 60.3 Å². The number of benzene rings is 1. The Balaban J connectivity index is 1.59. The number of hydrogen-bond acceptors (Lipinski definition) is 5. The highest BCUT2D eigenvalue weighted by molar-refractivity contribution is 7.86. The van der Waals surface area contributed by atoms with Gasteiger partial charge in [-0.1, -0.05) is 31.2 Å². The second-order valence-electron chi connectivity index (χ2n) is 8.26. The number of fused-ring (bicyclic) bond motifs is 1. The molecule has 1 aromatic rings. The van der Waals surface area contributed by atoms with E-state index in [2.05, 4.69) is 5.32 Å². The second-order valence-corrected chi connectivity index (χ2v) is 10.2. The molecule has 2 heterocycles. The molecule has 3 N–H and O–H groups in total. The van der Waals surface area contributed by atoms with Gasteiger partial charge in [0.1, 0.15) is 0 Å². The van der Waals surface area contributed by atoms with E-state index in [4.69, 9.17) is 5.73 Å². The normalized spacial score (nSPS) is 21.7. The molecule has 10 heteroatoms. The van der Waals surface area contributed by atoms with E-state index in [1.165, 1.54) is 8.61 Å². The molecular weight excluding hydrogens is 420 g/mol. The first-order valence-corrected chi connectivity index (χ1v) is 12.0. The molecule has 170 valence electrons. The van der Waals surface area contributed by atoms with Gasteiger partial charge in [-0.3, -0.25) is 14.4 Å². The van der Waals surface area contributed by atoms with Gasteiger partial charge in [0, 0.05) is 32.0 Å². The number of nitrogens with one attached hydrogen (secondary N) is 1. The molecule has 0 saturated carbocycles. The molecule has 9 nitrogen and oxygen atoms in total. The quantitative estimate of drug-likeness (QED) is 0.619. The minimum atomic E-state index is -3.79. The molecular formula is C21H30N4O5S. The van der Waals surface area contributed by atoms with Crippen LogP contribution in [0.5, 0.6) is 0 Å². The minimum Gasteiger partial charge on any atom is -0.369 e. The van der Waals surface area contributed by atoms with Crippen LogP contribution in [-0.2, 0) is 37.6 Å². The van der Waals surface area contributed by atoms with Crippen LogP contribution in [0.15, 0.2) is 24.3 Å². The van der Waals surface area contributed by atoms with E-state index in [-0.39, 0.29) is 31.2 Å². The molecule has 2 aliphatic heterocycles. The van der Waals surface area contributed by atoms with Crippen molar-refractivity contribution in [3.8, 4) is 0 Å². The maximum atomic E-state index is 13.2. The Morgan fingerprint density at radius 1 is 1.16 bits per heavy atom. The predicted octanol–water partition coefficient (Wildman–Crippen LogP) is 0.341. The van der Waals surface area contributed by atoms with Crippen LogP contribution in [0.1, 0.15) is 43.7 Å². The van der Waals surface area contributed by atoms with Gasteiger partial charge in [-0.15, -0.1) is 0 Å². The predicted molar refractivity (Wildman–Crippen MR) is 115 cm³/mol. The zero-order chi connectivity index (χ0) is 22.6. The molecule has 0 spiro atoms. The first-order chi connectivity index (χ1) is 14.7. The largest absolute Gasteiger partial charge is 0.369 e. The summed E-state index contributed by atoms with van der Waals surface area (Å²) in [5.74, 6) is -1.56. The van der Waals surface area contributed by atoms with Crippen molar-refractivity contribution in [2.75, 3.05) is 19.6 Å². The highest BCUT2D eigenvalue weighted by Gasteiger charge is 2.36. The van der Waals surface area contributed by atoms with Crippen molar-refractivity contribution < 1.29 is 22.8 Å². The van der Waals surface area contributed by atoms with Crippen molar-refractivity contribution >= 4 is 27.8 Å². The number of Topliss-reactive ketones (excluding diaryl/α,β-unsaturated/α-hetero) is 1. The van der Waals surface area contributed by atoms with Crippen molar-refractivity contribution in [3.63, 3.8) is 0 Å². The van der Waals surface area contributed by atoms with Gasteiger partial charge in [0.05, 0.1) is 12.6 Å². The van der Waals surface area contributed by atoms with Gasteiger partial charge in [-0.05, 0) is 36.8 Å². The highest BCUT2D eigenvalue weighted by atomic mass is 32.2. The Morgan fingerprint density at radius 2 is 1.84 bits per heavy atom.